The Bertz CT molecular complexity index is 183. The molecule has 0 unspecified atom stereocenters. The molecule has 0 amide bonds. The van der Waals surface area contributed by atoms with Crippen molar-refractivity contribution in [2.75, 3.05) is 11.7 Å². The topological polar surface area (TPSA) is 49.7 Å². The van der Waals surface area contributed by atoms with Crippen LogP contribution in [0.15, 0.2) is 0 Å². The molecule has 120 valence electrons. The van der Waals surface area contributed by atoms with E-state index < -0.39 is 7.32 Å². The lowest BCUT2D eigenvalue weighted by Gasteiger charge is -2.04. The molecule has 0 aromatic rings. The van der Waals surface area contributed by atoms with E-state index in [4.69, 9.17) is 10.0 Å². The summed E-state index contributed by atoms with van der Waals surface area (Å²) in [7, 11) is -1.62. The first-order valence-electron chi connectivity index (χ1n) is 8.33. The van der Waals surface area contributed by atoms with Crippen LogP contribution in [0.3, 0.4) is 0 Å². The van der Waals surface area contributed by atoms with E-state index in [1.165, 1.54) is 77.0 Å². The fourth-order valence-electron chi connectivity index (χ4n) is 2.21. The molecule has 0 aromatic heterocycles. The van der Waals surface area contributed by atoms with Gasteiger partial charge in [0.25, 0.3) is 0 Å². The second kappa shape index (κ2) is 17.3. The molecule has 0 radical (unpaired) electrons. The molecule has 0 heterocycles. The van der Waals surface area contributed by atoms with Gasteiger partial charge in [0.2, 0.25) is 0 Å². The van der Waals surface area contributed by atoms with Crippen molar-refractivity contribution in [3.63, 3.8) is 0 Å². The number of rotatable bonds is 16. The highest BCUT2D eigenvalue weighted by molar-refractivity contribution is 7.99. The third kappa shape index (κ3) is 18.3. The van der Waals surface area contributed by atoms with Crippen LogP contribution in [-0.2, 0) is 4.65 Å². The predicted octanol–water partition coefficient (Wildman–Crippen LogP) is 4.36. The van der Waals surface area contributed by atoms with E-state index in [0.717, 1.165) is 5.75 Å². The maximum absolute atomic E-state index is 8.48. The number of thioether (sulfide) groups is 1. The normalized spacial score (nSPS) is 10.9. The maximum Gasteiger partial charge on any atom is 0.634 e. The standard InChI is InChI=1S/C15H33BO3S/c1-2-3-4-5-6-7-8-9-10-11-12-13-14-20-15-19-16(17)18/h17-18H,2-15H2,1H3. The second-order valence-electron chi connectivity index (χ2n) is 5.41. The molecule has 0 saturated carbocycles. The highest BCUT2D eigenvalue weighted by Gasteiger charge is 2.06. The molecule has 0 rings (SSSR count). The largest absolute Gasteiger partial charge is 0.634 e. The quantitative estimate of drug-likeness (QED) is 0.253. The molecule has 0 bridgehead atoms. The van der Waals surface area contributed by atoms with Crippen molar-refractivity contribution in [2.24, 2.45) is 0 Å². The lowest BCUT2D eigenvalue weighted by molar-refractivity contribution is 0.220. The van der Waals surface area contributed by atoms with E-state index in [9.17, 15) is 0 Å². The summed E-state index contributed by atoms with van der Waals surface area (Å²) in [5.41, 5.74) is 0. The molecule has 0 spiro atoms. The van der Waals surface area contributed by atoms with Crippen LogP contribution in [0.2, 0.25) is 0 Å². The highest BCUT2D eigenvalue weighted by atomic mass is 32.2. The van der Waals surface area contributed by atoms with Crippen LogP contribution in [0.25, 0.3) is 0 Å². The average Bonchev–Trinajstić information content (AvgIpc) is 2.43. The fraction of sp³-hybridized carbons (Fsp3) is 1.00. The molecule has 0 atom stereocenters. The maximum atomic E-state index is 8.48. The third-order valence-electron chi connectivity index (χ3n) is 3.44. The van der Waals surface area contributed by atoms with Crippen molar-refractivity contribution < 1.29 is 14.7 Å². The second-order valence-corrected chi connectivity index (χ2v) is 6.46. The van der Waals surface area contributed by atoms with Crippen LogP contribution in [0.4, 0.5) is 0 Å². The minimum Gasteiger partial charge on any atom is -0.402 e. The highest BCUT2D eigenvalue weighted by Crippen LogP contribution is 2.13. The van der Waals surface area contributed by atoms with Gasteiger partial charge in [0.15, 0.2) is 0 Å². The van der Waals surface area contributed by atoms with Crippen molar-refractivity contribution >= 4 is 19.1 Å². The monoisotopic (exact) mass is 304 g/mol. The van der Waals surface area contributed by atoms with E-state index in [2.05, 4.69) is 11.6 Å². The molecule has 0 saturated heterocycles. The number of unbranched alkanes of at least 4 members (excludes halogenated alkanes) is 11. The summed E-state index contributed by atoms with van der Waals surface area (Å²) in [6, 6.07) is 0. The molecule has 5 heteroatoms. The Balaban J connectivity index is 2.92. The zero-order valence-electron chi connectivity index (χ0n) is 13.2. The Morgan fingerprint density at radius 3 is 1.65 bits per heavy atom. The van der Waals surface area contributed by atoms with Gasteiger partial charge in [-0.3, -0.25) is 0 Å². The molecular formula is C15H33BO3S. The van der Waals surface area contributed by atoms with Crippen molar-refractivity contribution in [3.8, 4) is 0 Å². The Kier molecular flexibility index (Phi) is 17.6. The van der Waals surface area contributed by atoms with Gasteiger partial charge in [-0.15, -0.1) is 11.8 Å². The van der Waals surface area contributed by atoms with Crippen LogP contribution in [-0.4, -0.2) is 29.1 Å². The van der Waals surface area contributed by atoms with Crippen LogP contribution in [0, 0.1) is 0 Å². The first kappa shape index (κ1) is 20.3. The van der Waals surface area contributed by atoms with Gasteiger partial charge < -0.3 is 14.7 Å². The Morgan fingerprint density at radius 2 is 1.20 bits per heavy atom. The van der Waals surface area contributed by atoms with Crippen LogP contribution in [0.1, 0.15) is 84.0 Å². The molecule has 20 heavy (non-hydrogen) atoms. The van der Waals surface area contributed by atoms with E-state index in [0.29, 0.717) is 5.94 Å². The molecule has 0 aliphatic rings. The zero-order chi connectivity index (χ0) is 14.9. The minimum atomic E-state index is -1.62. The predicted molar refractivity (Wildman–Crippen MR) is 89.7 cm³/mol. The van der Waals surface area contributed by atoms with Gasteiger partial charge in [0, 0.05) is 0 Å². The average molecular weight is 304 g/mol. The van der Waals surface area contributed by atoms with Gasteiger partial charge >= 0.3 is 7.32 Å². The first-order valence-corrected chi connectivity index (χ1v) is 9.48. The van der Waals surface area contributed by atoms with Crippen LogP contribution in [0.5, 0.6) is 0 Å². The van der Waals surface area contributed by atoms with Gasteiger partial charge in [0.1, 0.15) is 0 Å². The zero-order valence-corrected chi connectivity index (χ0v) is 14.0. The summed E-state index contributed by atoms with van der Waals surface area (Å²) >= 11 is 1.62. The SMILES string of the molecule is CCCCCCCCCCCCCCSCOB(O)O. The molecule has 0 aliphatic heterocycles. The molecular weight excluding hydrogens is 271 g/mol. The van der Waals surface area contributed by atoms with Gasteiger partial charge in [-0.1, -0.05) is 77.6 Å². The van der Waals surface area contributed by atoms with Crippen molar-refractivity contribution in [3.05, 3.63) is 0 Å². The molecule has 2 N–H and O–H groups in total. The number of hydrogen-bond acceptors (Lipinski definition) is 4. The van der Waals surface area contributed by atoms with Crippen LogP contribution >= 0.6 is 11.8 Å². The Labute approximate surface area is 130 Å². The summed E-state index contributed by atoms with van der Waals surface area (Å²) in [4.78, 5) is 0. The van der Waals surface area contributed by atoms with Crippen molar-refractivity contribution in [2.45, 2.75) is 84.0 Å². The minimum absolute atomic E-state index is 0.371. The van der Waals surface area contributed by atoms with E-state index in [1.54, 1.807) is 11.8 Å². The molecule has 0 aromatic carbocycles. The molecule has 3 nitrogen and oxygen atoms in total. The summed E-state index contributed by atoms with van der Waals surface area (Å²) in [5, 5.41) is 17.0. The first-order chi connectivity index (χ1) is 9.77. The van der Waals surface area contributed by atoms with E-state index >= 15 is 0 Å². The summed E-state index contributed by atoms with van der Waals surface area (Å²) in [5.74, 6) is 1.42. The van der Waals surface area contributed by atoms with Crippen LogP contribution < -0.4 is 0 Å². The Hall–Kier alpha value is 0.295. The van der Waals surface area contributed by atoms with Crippen molar-refractivity contribution in [1.29, 1.82) is 0 Å². The molecule has 0 fully saturated rings. The van der Waals surface area contributed by atoms with Gasteiger partial charge in [-0.05, 0) is 12.2 Å². The summed E-state index contributed by atoms with van der Waals surface area (Å²) < 4.78 is 4.62. The third-order valence-corrected chi connectivity index (χ3v) is 4.32. The lowest BCUT2D eigenvalue weighted by Crippen LogP contribution is -2.16. The molecule has 0 aliphatic carbocycles. The Morgan fingerprint density at radius 1 is 0.750 bits per heavy atom. The summed E-state index contributed by atoms with van der Waals surface area (Å²) in [6.45, 7) is 2.27. The number of hydrogen-bond donors (Lipinski definition) is 2. The fourth-order valence-corrected chi connectivity index (χ4v) is 2.96. The van der Waals surface area contributed by atoms with Gasteiger partial charge in [-0.2, -0.15) is 0 Å². The summed E-state index contributed by atoms with van der Waals surface area (Å²) in [6.07, 6.45) is 16.4. The van der Waals surface area contributed by atoms with E-state index in [1.807, 2.05) is 0 Å². The van der Waals surface area contributed by atoms with E-state index in [-0.39, 0.29) is 0 Å². The van der Waals surface area contributed by atoms with Gasteiger partial charge in [0.05, 0.1) is 5.94 Å². The van der Waals surface area contributed by atoms with Gasteiger partial charge in [-0.25, -0.2) is 0 Å². The van der Waals surface area contributed by atoms with Crippen molar-refractivity contribution in [1.82, 2.24) is 0 Å². The smallest absolute Gasteiger partial charge is 0.402 e. The lowest BCUT2D eigenvalue weighted by atomic mass is 10.1.